The molecule has 0 aliphatic carbocycles. The Morgan fingerprint density at radius 3 is 2.74 bits per heavy atom. The first-order chi connectivity index (χ1) is 9.04. The molecule has 104 valence electrons. The van der Waals surface area contributed by atoms with E-state index in [-0.39, 0.29) is 12.1 Å². The maximum Gasteiger partial charge on any atom is 0.326 e. The highest BCUT2D eigenvalue weighted by molar-refractivity contribution is 5.83. The van der Waals surface area contributed by atoms with Crippen molar-refractivity contribution in [3.8, 4) is 0 Å². The minimum atomic E-state index is -1.05. The average molecular weight is 266 g/mol. The second kappa shape index (κ2) is 7.35. The molecule has 0 aliphatic heterocycles. The third-order valence-corrected chi connectivity index (χ3v) is 2.69. The maximum absolute atomic E-state index is 11.7. The molecule has 1 aromatic rings. The van der Waals surface area contributed by atoms with Crippen molar-refractivity contribution in [1.82, 2.24) is 9.88 Å². The van der Waals surface area contributed by atoms with Crippen LogP contribution in [0.1, 0.15) is 26.2 Å². The first kappa shape index (κ1) is 14.9. The Labute approximate surface area is 111 Å². The largest absolute Gasteiger partial charge is 0.480 e. The Morgan fingerprint density at radius 2 is 2.16 bits per heavy atom. The van der Waals surface area contributed by atoms with Crippen LogP contribution in [0.5, 0.6) is 0 Å². The van der Waals surface area contributed by atoms with Gasteiger partial charge < -0.3 is 15.0 Å². The third-order valence-electron chi connectivity index (χ3n) is 2.69. The van der Waals surface area contributed by atoms with E-state index in [1.165, 1.54) is 16.8 Å². The number of amides is 1. The highest BCUT2D eigenvalue weighted by Crippen LogP contribution is 2.01. The number of pyridine rings is 1. The number of carboxylic acids is 1. The van der Waals surface area contributed by atoms with Crippen molar-refractivity contribution in [3.05, 3.63) is 34.7 Å². The minimum absolute atomic E-state index is 0.171. The van der Waals surface area contributed by atoms with E-state index in [9.17, 15) is 14.4 Å². The quantitative estimate of drug-likeness (QED) is 0.756. The summed E-state index contributed by atoms with van der Waals surface area (Å²) in [7, 11) is 0. The lowest BCUT2D eigenvalue weighted by Gasteiger charge is -2.14. The van der Waals surface area contributed by atoms with Gasteiger partial charge in [0, 0.05) is 12.3 Å². The van der Waals surface area contributed by atoms with Crippen LogP contribution >= 0.6 is 0 Å². The molecule has 1 heterocycles. The molecule has 0 saturated carbocycles. The summed E-state index contributed by atoms with van der Waals surface area (Å²) >= 11 is 0. The number of unbranched alkanes of at least 4 members (excludes halogenated alkanes) is 1. The van der Waals surface area contributed by atoms with Crippen LogP contribution in [0.15, 0.2) is 29.2 Å². The summed E-state index contributed by atoms with van der Waals surface area (Å²) in [6.45, 7) is 1.78. The summed E-state index contributed by atoms with van der Waals surface area (Å²) in [5.74, 6) is -1.53. The van der Waals surface area contributed by atoms with E-state index in [1.54, 1.807) is 12.1 Å². The fourth-order valence-electron chi connectivity index (χ4n) is 1.65. The number of rotatable bonds is 7. The van der Waals surface area contributed by atoms with Crippen LogP contribution in [-0.4, -0.2) is 27.6 Å². The van der Waals surface area contributed by atoms with Gasteiger partial charge in [0.2, 0.25) is 5.91 Å². The maximum atomic E-state index is 11.7. The fraction of sp³-hybridized carbons (Fsp3) is 0.462. The lowest BCUT2D eigenvalue weighted by molar-refractivity contribution is -0.142. The molecule has 1 amide bonds. The van der Waals surface area contributed by atoms with Gasteiger partial charge >= 0.3 is 5.97 Å². The van der Waals surface area contributed by atoms with Gasteiger partial charge in [-0.1, -0.05) is 25.8 Å². The average Bonchev–Trinajstić information content (AvgIpc) is 2.37. The van der Waals surface area contributed by atoms with Gasteiger partial charge in [-0.15, -0.1) is 0 Å². The van der Waals surface area contributed by atoms with Gasteiger partial charge in [-0.05, 0) is 12.5 Å². The monoisotopic (exact) mass is 266 g/mol. The summed E-state index contributed by atoms with van der Waals surface area (Å²) in [5.41, 5.74) is -0.293. The van der Waals surface area contributed by atoms with Crippen LogP contribution in [0.4, 0.5) is 0 Å². The number of nitrogens with one attached hydrogen (secondary N) is 1. The fourth-order valence-corrected chi connectivity index (χ4v) is 1.65. The molecule has 1 aromatic heterocycles. The molecular weight excluding hydrogens is 248 g/mol. The van der Waals surface area contributed by atoms with Gasteiger partial charge in [-0.3, -0.25) is 9.59 Å². The lowest BCUT2D eigenvalue weighted by Crippen LogP contribution is -2.43. The molecular formula is C13H18N2O4. The molecule has 0 spiro atoms. The molecule has 2 N–H and O–H groups in total. The Morgan fingerprint density at radius 1 is 1.42 bits per heavy atom. The standard InChI is InChI=1S/C13H18N2O4/c1-2-3-6-10(13(18)19)14-11(16)9-15-8-5-4-7-12(15)17/h4-5,7-8,10H,2-3,6,9H2,1H3,(H,14,16)(H,18,19)/t10-/m0/s1. The highest BCUT2D eigenvalue weighted by Gasteiger charge is 2.19. The summed E-state index contributed by atoms with van der Waals surface area (Å²) in [6, 6.07) is 3.67. The molecule has 0 bridgehead atoms. The molecule has 0 saturated heterocycles. The van der Waals surface area contributed by atoms with Crippen molar-refractivity contribution in [1.29, 1.82) is 0 Å². The Bertz CT molecular complexity index is 495. The zero-order chi connectivity index (χ0) is 14.3. The van der Waals surface area contributed by atoms with Crippen LogP contribution in [0.2, 0.25) is 0 Å². The molecule has 6 heteroatoms. The van der Waals surface area contributed by atoms with E-state index in [4.69, 9.17) is 5.11 Å². The molecule has 0 radical (unpaired) electrons. The first-order valence-corrected chi connectivity index (χ1v) is 6.22. The van der Waals surface area contributed by atoms with Crippen molar-refractivity contribution in [3.63, 3.8) is 0 Å². The molecule has 0 unspecified atom stereocenters. The van der Waals surface area contributed by atoms with Crippen molar-refractivity contribution in [2.75, 3.05) is 0 Å². The smallest absolute Gasteiger partial charge is 0.326 e. The predicted octanol–water partition coefficient (Wildman–Crippen LogP) is 0.608. The number of aliphatic carboxylic acids is 1. The van der Waals surface area contributed by atoms with E-state index in [2.05, 4.69) is 5.32 Å². The molecule has 6 nitrogen and oxygen atoms in total. The number of hydrogen-bond donors (Lipinski definition) is 2. The van der Waals surface area contributed by atoms with E-state index in [0.717, 1.165) is 12.8 Å². The molecule has 19 heavy (non-hydrogen) atoms. The van der Waals surface area contributed by atoms with E-state index in [1.807, 2.05) is 6.92 Å². The number of carbonyl (C=O) groups excluding carboxylic acids is 1. The van der Waals surface area contributed by atoms with E-state index < -0.39 is 17.9 Å². The minimum Gasteiger partial charge on any atom is -0.480 e. The number of hydrogen-bond acceptors (Lipinski definition) is 3. The van der Waals surface area contributed by atoms with Crippen molar-refractivity contribution in [2.45, 2.75) is 38.8 Å². The van der Waals surface area contributed by atoms with Gasteiger partial charge in [0.1, 0.15) is 12.6 Å². The van der Waals surface area contributed by atoms with Gasteiger partial charge in [0.15, 0.2) is 0 Å². The third kappa shape index (κ3) is 4.95. The number of nitrogens with zero attached hydrogens (tertiary/aromatic N) is 1. The van der Waals surface area contributed by atoms with Crippen molar-refractivity contribution in [2.24, 2.45) is 0 Å². The van der Waals surface area contributed by atoms with Crippen LogP contribution in [0.3, 0.4) is 0 Å². The van der Waals surface area contributed by atoms with Crippen LogP contribution in [0.25, 0.3) is 0 Å². The Hall–Kier alpha value is -2.11. The summed E-state index contributed by atoms with van der Waals surface area (Å²) in [6.07, 6.45) is 3.46. The van der Waals surface area contributed by atoms with Gasteiger partial charge in [-0.2, -0.15) is 0 Å². The zero-order valence-corrected chi connectivity index (χ0v) is 10.8. The van der Waals surface area contributed by atoms with Gasteiger partial charge in [0.05, 0.1) is 0 Å². The van der Waals surface area contributed by atoms with Crippen LogP contribution in [0, 0.1) is 0 Å². The normalized spacial score (nSPS) is 11.8. The van der Waals surface area contributed by atoms with Gasteiger partial charge in [0.25, 0.3) is 5.56 Å². The Kier molecular flexibility index (Phi) is 5.78. The van der Waals surface area contributed by atoms with E-state index in [0.29, 0.717) is 6.42 Å². The van der Waals surface area contributed by atoms with Crippen molar-refractivity contribution >= 4 is 11.9 Å². The second-order valence-corrected chi connectivity index (χ2v) is 4.27. The lowest BCUT2D eigenvalue weighted by atomic mass is 10.1. The zero-order valence-electron chi connectivity index (χ0n) is 10.8. The SMILES string of the molecule is CCCC[C@H](NC(=O)Cn1ccccc1=O)C(=O)O. The number of aromatic nitrogens is 1. The topological polar surface area (TPSA) is 88.4 Å². The predicted molar refractivity (Wildman–Crippen MR) is 69.8 cm³/mol. The summed E-state index contributed by atoms with van der Waals surface area (Å²) < 4.78 is 1.23. The molecule has 0 aromatic carbocycles. The molecule has 1 rings (SSSR count). The second-order valence-electron chi connectivity index (χ2n) is 4.27. The molecule has 0 aliphatic rings. The van der Waals surface area contributed by atoms with E-state index >= 15 is 0 Å². The highest BCUT2D eigenvalue weighted by atomic mass is 16.4. The first-order valence-electron chi connectivity index (χ1n) is 6.22. The summed E-state index contributed by atoms with van der Waals surface area (Å²) in [5, 5.41) is 11.4. The number of carbonyl (C=O) groups is 2. The Balaban J connectivity index is 2.60. The van der Waals surface area contributed by atoms with Crippen LogP contribution < -0.4 is 10.9 Å². The number of carboxylic acid groups (broad SMARTS) is 1. The van der Waals surface area contributed by atoms with Gasteiger partial charge in [-0.25, -0.2) is 4.79 Å². The molecule has 0 fully saturated rings. The van der Waals surface area contributed by atoms with Crippen LogP contribution in [-0.2, 0) is 16.1 Å². The van der Waals surface area contributed by atoms with Crippen molar-refractivity contribution < 1.29 is 14.7 Å². The molecule has 1 atom stereocenters. The summed E-state index contributed by atoms with van der Waals surface area (Å²) in [4.78, 5) is 34.1.